The van der Waals surface area contributed by atoms with Crippen LogP contribution >= 0.6 is 0 Å². The molecular weight excluding hydrogens is 342 g/mol. The number of carbonyl (C=O) groups is 1. The number of nitrogens with zero attached hydrogens (tertiary/aromatic N) is 3. The number of aldehydes is 1. The lowest BCUT2D eigenvalue weighted by atomic mass is 10.1. The molecule has 3 aromatic rings. The molecule has 0 unspecified atom stereocenters. The van der Waals surface area contributed by atoms with E-state index in [0.717, 1.165) is 35.1 Å². The van der Waals surface area contributed by atoms with Gasteiger partial charge in [-0.25, -0.2) is 0 Å². The average molecular weight is 363 g/mol. The molecule has 1 aliphatic heterocycles. The fourth-order valence-electron chi connectivity index (χ4n) is 3.50. The zero-order chi connectivity index (χ0) is 18.8. The molecule has 1 aliphatic rings. The highest BCUT2D eigenvalue weighted by atomic mass is 16.5. The van der Waals surface area contributed by atoms with Crippen molar-refractivity contribution in [3.8, 4) is 5.75 Å². The van der Waals surface area contributed by atoms with Gasteiger partial charge >= 0.3 is 0 Å². The van der Waals surface area contributed by atoms with Crippen molar-refractivity contribution in [2.24, 2.45) is 4.99 Å². The summed E-state index contributed by atoms with van der Waals surface area (Å²) in [6.07, 6.45) is 2.59. The van der Waals surface area contributed by atoms with Crippen LogP contribution in [-0.4, -0.2) is 49.0 Å². The molecule has 0 amide bonds. The van der Waals surface area contributed by atoms with Crippen LogP contribution in [-0.2, 0) is 6.54 Å². The highest BCUT2D eigenvalue weighted by Gasteiger charge is 2.20. The topological polar surface area (TPSA) is 67.1 Å². The summed E-state index contributed by atoms with van der Waals surface area (Å²) in [5, 5.41) is 10.5. The average Bonchev–Trinajstić information content (AvgIpc) is 3.04. The molecule has 0 fully saturated rings. The second-order valence-corrected chi connectivity index (χ2v) is 6.54. The summed E-state index contributed by atoms with van der Waals surface area (Å²) in [7, 11) is 1.99. The number of aromatic nitrogens is 1. The van der Waals surface area contributed by atoms with Gasteiger partial charge in [-0.15, -0.1) is 0 Å². The molecular formula is C21H21N3O3. The van der Waals surface area contributed by atoms with Gasteiger partial charge in [-0.3, -0.25) is 9.79 Å². The summed E-state index contributed by atoms with van der Waals surface area (Å²) in [5.74, 6) is 0.677. The number of aliphatic hydroxyl groups excluding tert-OH is 1. The van der Waals surface area contributed by atoms with Crippen molar-refractivity contribution in [2.45, 2.75) is 6.54 Å². The molecule has 0 aliphatic carbocycles. The maximum absolute atomic E-state index is 11.3. The third-order valence-electron chi connectivity index (χ3n) is 4.78. The summed E-state index contributed by atoms with van der Waals surface area (Å²) in [6, 6.07) is 13.6. The standard InChI is InChI=1S/C21H21N3O3/c1-23-7-9-27-20-11-15(14-26)10-18(21(20)23)22-13-17-12-16-4-2-3-5-19(16)24(17)6-8-25/h2-5,10-14,25H,6-9H2,1H3/b22-13+. The summed E-state index contributed by atoms with van der Waals surface area (Å²) < 4.78 is 7.76. The molecule has 2 aromatic carbocycles. The van der Waals surface area contributed by atoms with Gasteiger partial charge in [0.1, 0.15) is 24.3 Å². The van der Waals surface area contributed by atoms with Crippen molar-refractivity contribution in [1.29, 1.82) is 0 Å². The number of hydrogen-bond donors (Lipinski definition) is 1. The monoisotopic (exact) mass is 363 g/mol. The summed E-state index contributed by atoms with van der Waals surface area (Å²) in [5.41, 5.74) is 4.06. The quantitative estimate of drug-likeness (QED) is 0.559. The van der Waals surface area contributed by atoms with Gasteiger partial charge in [0, 0.05) is 30.1 Å². The molecule has 6 nitrogen and oxygen atoms in total. The number of para-hydroxylation sites is 1. The largest absolute Gasteiger partial charge is 0.489 e. The minimum absolute atomic E-state index is 0.0477. The van der Waals surface area contributed by atoms with Gasteiger partial charge in [-0.2, -0.15) is 0 Å². The van der Waals surface area contributed by atoms with Gasteiger partial charge in [0.05, 0.1) is 30.7 Å². The Bertz CT molecular complexity index is 1020. The molecule has 0 bridgehead atoms. The van der Waals surface area contributed by atoms with E-state index in [1.807, 2.05) is 41.9 Å². The zero-order valence-electron chi connectivity index (χ0n) is 15.1. The molecule has 0 spiro atoms. The molecule has 0 atom stereocenters. The molecule has 6 heteroatoms. The SMILES string of the molecule is CN1CCOc2cc(C=O)cc(/N=C/c3cc4ccccc4n3CCO)c21. The van der Waals surface area contributed by atoms with Crippen molar-refractivity contribution < 1.29 is 14.6 Å². The number of likely N-dealkylation sites (N-methyl/N-ethyl adjacent to an activating group) is 1. The van der Waals surface area contributed by atoms with Crippen molar-refractivity contribution in [2.75, 3.05) is 31.7 Å². The molecule has 0 radical (unpaired) electrons. The zero-order valence-corrected chi connectivity index (χ0v) is 15.1. The van der Waals surface area contributed by atoms with Crippen molar-refractivity contribution in [3.05, 3.63) is 53.7 Å². The molecule has 27 heavy (non-hydrogen) atoms. The number of fused-ring (bicyclic) bond motifs is 2. The number of aliphatic imine (C=N–C) groups is 1. The Labute approximate surface area is 157 Å². The van der Waals surface area contributed by atoms with Gasteiger partial charge in [0.15, 0.2) is 0 Å². The first-order valence-electron chi connectivity index (χ1n) is 8.91. The van der Waals surface area contributed by atoms with Gasteiger partial charge in [-0.05, 0) is 24.3 Å². The fraction of sp³-hybridized carbons (Fsp3) is 0.238. The van der Waals surface area contributed by atoms with Crippen LogP contribution in [0.2, 0.25) is 0 Å². The van der Waals surface area contributed by atoms with E-state index < -0.39 is 0 Å². The van der Waals surface area contributed by atoms with E-state index in [-0.39, 0.29) is 6.61 Å². The minimum Gasteiger partial charge on any atom is -0.489 e. The smallest absolute Gasteiger partial charge is 0.150 e. The number of anilines is 1. The number of benzene rings is 2. The molecule has 1 N–H and O–H groups in total. The Morgan fingerprint density at radius 3 is 2.93 bits per heavy atom. The lowest BCUT2D eigenvalue weighted by Gasteiger charge is -2.29. The van der Waals surface area contributed by atoms with Crippen molar-refractivity contribution in [1.82, 2.24) is 4.57 Å². The normalized spacial score (nSPS) is 13.8. The third-order valence-corrected chi connectivity index (χ3v) is 4.78. The van der Waals surface area contributed by atoms with E-state index in [0.29, 0.717) is 30.2 Å². The van der Waals surface area contributed by atoms with Crippen LogP contribution < -0.4 is 9.64 Å². The van der Waals surface area contributed by atoms with Crippen LogP contribution in [0.5, 0.6) is 5.75 Å². The lowest BCUT2D eigenvalue weighted by Crippen LogP contribution is -2.29. The van der Waals surface area contributed by atoms with Gasteiger partial charge < -0.3 is 19.3 Å². The van der Waals surface area contributed by atoms with E-state index in [1.165, 1.54) is 0 Å². The van der Waals surface area contributed by atoms with Crippen LogP contribution in [0, 0.1) is 0 Å². The van der Waals surface area contributed by atoms with E-state index in [2.05, 4.69) is 9.89 Å². The highest BCUT2D eigenvalue weighted by Crippen LogP contribution is 2.40. The second-order valence-electron chi connectivity index (χ2n) is 6.54. The number of carbonyl (C=O) groups excluding carboxylic acids is 1. The predicted molar refractivity (Wildman–Crippen MR) is 107 cm³/mol. The molecule has 138 valence electrons. The maximum Gasteiger partial charge on any atom is 0.150 e. The molecule has 1 aromatic heterocycles. The van der Waals surface area contributed by atoms with Gasteiger partial charge in [0.25, 0.3) is 0 Å². The van der Waals surface area contributed by atoms with E-state index in [9.17, 15) is 9.90 Å². The summed E-state index contributed by atoms with van der Waals surface area (Å²) >= 11 is 0. The number of aliphatic hydroxyl groups is 1. The maximum atomic E-state index is 11.3. The Kier molecular flexibility index (Phi) is 4.64. The third kappa shape index (κ3) is 3.19. The number of rotatable bonds is 5. The predicted octanol–water partition coefficient (Wildman–Crippen LogP) is 3.03. The highest BCUT2D eigenvalue weighted by molar-refractivity contribution is 5.93. The van der Waals surface area contributed by atoms with Crippen LogP contribution in [0.4, 0.5) is 11.4 Å². The lowest BCUT2D eigenvalue weighted by molar-refractivity contribution is 0.112. The van der Waals surface area contributed by atoms with E-state index >= 15 is 0 Å². The Morgan fingerprint density at radius 2 is 2.11 bits per heavy atom. The second kappa shape index (κ2) is 7.25. The van der Waals surface area contributed by atoms with Crippen molar-refractivity contribution >= 4 is 34.8 Å². The number of ether oxygens (including phenoxy) is 1. The van der Waals surface area contributed by atoms with E-state index in [4.69, 9.17) is 4.74 Å². The molecule has 4 rings (SSSR count). The Hall–Kier alpha value is -3.12. The first-order chi connectivity index (χ1) is 13.2. The molecule has 0 saturated heterocycles. The summed E-state index contributed by atoms with van der Waals surface area (Å²) in [6.45, 7) is 1.89. The molecule has 0 saturated carbocycles. The first kappa shape index (κ1) is 17.3. The molecule has 2 heterocycles. The van der Waals surface area contributed by atoms with Gasteiger partial charge in [-0.1, -0.05) is 18.2 Å². The Morgan fingerprint density at radius 1 is 1.26 bits per heavy atom. The van der Waals surface area contributed by atoms with Crippen LogP contribution in [0.15, 0.2) is 47.5 Å². The first-order valence-corrected chi connectivity index (χ1v) is 8.91. The number of hydrogen-bond acceptors (Lipinski definition) is 5. The van der Waals surface area contributed by atoms with E-state index in [1.54, 1.807) is 18.3 Å². The van der Waals surface area contributed by atoms with Crippen molar-refractivity contribution in [3.63, 3.8) is 0 Å². The van der Waals surface area contributed by atoms with Crippen LogP contribution in [0.3, 0.4) is 0 Å². The Balaban J connectivity index is 1.80. The van der Waals surface area contributed by atoms with Crippen LogP contribution in [0.1, 0.15) is 16.1 Å². The summed E-state index contributed by atoms with van der Waals surface area (Å²) in [4.78, 5) is 18.1. The minimum atomic E-state index is 0.0477. The van der Waals surface area contributed by atoms with Crippen LogP contribution in [0.25, 0.3) is 10.9 Å². The fourth-order valence-corrected chi connectivity index (χ4v) is 3.50. The van der Waals surface area contributed by atoms with Gasteiger partial charge in [0.2, 0.25) is 0 Å².